The number of nitrogens with one attached hydrogen (secondary N) is 1. The molecule has 0 aliphatic heterocycles. The fourth-order valence-electron chi connectivity index (χ4n) is 0.961. The van der Waals surface area contributed by atoms with Gasteiger partial charge in [0.1, 0.15) is 10.9 Å². The Morgan fingerprint density at radius 3 is 2.75 bits per heavy atom. The van der Waals surface area contributed by atoms with E-state index in [0.29, 0.717) is 0 Å². The van der Waals surface area contributed by atoms with Crippen molar-refractivity contribution in [3.63, 3.8) is 0 Å². The molecule has 0 saturated carbocycles. The number of nitrogens with zero attached hydrogens (tertiary/aromatic N) is 1. The molecular formula is C8H11N3O4S. The summed E-state index contributed by atoms with van der Waals surface area (Å²) >= 11 is 0. The van der Waals surface area contributed by atoms with E-state index in [-0.39, 0.29) is 11.4 Å². The average Bonchev–Trinajstić information content (AvgIpc) is 2.27. The molecule has 0 aromatic carbocycles. The number of carbonyl (C=O) groups is 1. The Hall–Kier alpha value is -1.51. The summed E-state index contributed by atoms with van der Waals surface area (Å²) in [4.78, 5) is 14.1. The first-order chi connectivity index (χ1) is 7.47. The molecule has 0 spiro atoms. The standard InChI is InChI=1S/C8H11N3O4S/c9-4-7(8(12)13)11-16(14,15)6-2-1-3-10-5-6/h1-3,5,7,11H,4,9H2,(H,12,13). The third-order valence-corrected chi connectivity index (χ3v) is 3.23. The lowest BCUT2D eigenvalue weighted by Gasteiger charge is -2.12. The third-order valence-electron chi connectivity index (χ3n) is 1.78. The van der Waals surface area contributed by atoms with Gasteiger partial charge in [-0.1, -0.05) is 0 Å². The zero-order valence-electron chi connectivity index (χ0n) is 8.20. The lowest BCUT2D eigenvalue weighted by atomic mass is 10.3. The highest BCUT2D eigenvalue weighted by atomic mass is 32.2. The van der Waals surface area contributed by atoms with Crippen LogP contribution in [0, 0.1) is 0 Å². The zero-order chi connectivity index (χ0) is 12.2. The summed E-state index contributed by atoms with van der Waals surface area (Å²) in [5.41, 5.74) is 5.14. The van der Waals surface area contributed by atoms with E-state index >= 15 is 0 Å². The summed E-state index contributed by atoms with van der Waals surface area (Å²) in [7, 11) is -3.89. The number of nitrogens with two attached hydrogens (primary N) is 1. The molecule has 1 aromatic rings. The first kappa shape index (κ1) is 12.6. The normalized spacial score (nSPS) is 13.3. The van der Waals surface area contributed by atoms with E-state index < -0.39 is 22.0 Å². The second-order valence-corrected chi connectivity index (χ2v) is 4.65. The van der Waals surface area contributed by atoms with Crippen molar-refractivity contribution in [2.75, 3.05) is 6.54 Å². The number of hydrogen-bond acceptors (Lipinski definition) is 5. The van der Waals surface area contributed by atoms with E-state index in [1.54, 1.807) is 0 Å². The molecule has 0 amide bonds. The van der Waals surface area contributed by atoms with Gasteiger partial charge in [-0.05, 0) is 12.1 Å². The van der Waals surface area contributed by atoms with Gasteiger partial charge in [-0.2, -0.15) is 4.72 Å². The van der Waals surface area contributed by atoms with Gasteiger partial charge in [-0.15, -0.1) is 0 Å². The Kier molecular flexibility index (Phi) is 3.93. The van der Waals surface area contributed by atoms with Crippen molar-refractivity contribution in [2.24, 2.45) is 5.73 Å². The zero-order valence-corrected chi connectivity index (χ0v) is 9.02. The number of carboxylic acids is 1. The van der Waals surface area contributed by atoms with Crippen molar-refractivity contribution in [3.05, 3.63) is 24.5 Å². The Bertz CT molecular complexity index is 459. The van der Waals surface area contributed by atoms with Crippen molar-refractivity contribution >= 4 is 16.0 Å². The van der Waals surface area contributed by atoms with Gasteiger partial charge in [0.25, 0.3) is 0 Å². The Balaban J connectivity index is 2.92. The largest absolute Gasteiger partial charge is 0.480 e. The molecule has 16 heavy (non-hydrogen) atoms. The topological polar surface area (TPSA) is 122 Å². The SMILES string of the molecule is NCC(NS(=O)(=O)c1cccnc1)C(=O)O. The van der Waals surface area contributed by atoms with Crippen LogP contribution in [0.25, 0.3) is 0 Å². The van der Waals surface area contributed by atoms with Crippen LogP contribution in [0.1, 0.15) is 0 Å². The molecule has 4 N–H and O–H groups in total. The number of hydrogen-bond donors (Lipinski definition) is 3. The fourth-order valence-corrected chi connectivity index (χ4v) is 2.13. The molecule has 8 heteroatoms. The molecule has 0 radical (unpaired) electrons. The van der Waals surface area contributed by atoms with Gasteiger partial charge in [0, 0.05) is 18.9 Å². The second kappa shape index (κ2) is 5.01. The molecular weight excluding hydrogens is 234 g/mol. The van der Waals surface area contributed by atoms with Crippen LogP contribution in [0.15, 0.2) is 29.4 Å². The van der Waals surface area contributed by atoms with Crippen LogP contribution in [0.3, 0.4) is 0 Å². The molecule has 7 nitrogen and oxygen atoms in total. The van der Waals surface area contributed by atoms with Gasteiger partial charge in [0.2, 0.25) is 10.0 Å². The smallest absolute Gasteiger partial charge is 0.323 e. The van der Waals surface area contributed by atoms with Crippen LogP contribution in [0.2, 0.25) is 0 Å². The van der Waals surface area contributed by atoms with Gasteiger partial charge >= 0.3 is 5.97 Å². The summed E-state index contributed by atoms with van der Waals surface area (Å²) in [6, 6.07) is 1.41. The maximum absolute atomic E-state index is 11.6. The second-order valence-electron chi connectivity index (χ2n) is 2.94. The molecule has 0 fully saturated rings. The summed E-state index contributed by atoms with van der Waals surface area (Å²) in [6.07, 6.45) is 2.54. The molecule has 1 unspecified atom stereocenters. The number of aliphatic carboxylic acids is 1. The first-order valence-corrected chi connectivity index (χ1v) is 5.81. The highest BCUT2D eigenvalue weighted by molar-refractivity contribution is 7.89. The van der Waals surface area contributed by atoms with Crippen molar-refractivity contribution < 1.29 is 18.3 Å². The minimum Gasteiger partial charge on any atom is -0.480 e. The van der Waals surface area contributed by atoms with Crippen LogP contribution < -0.4 is 10.5 Å². The van der Waals surface area contributed by atoms with E-state index in [1.807, 2.05) is 4.72 Å². The van der Waals surface area contributed by atoms with Crippen LogP contribution in [-0.4, -0.2) is 37.1 Å². The van der Waals surface area contributed by atoms with Gasteiger partial charge in [0.05, 0.1) is 0 Å². The molecule has 1 atom stereocenters. The quantitative estimate of drug-likeness (QED) is 0.597. The summed E-state index contributed by atoms with van der Waals surface area (Å²) in [5.74, 6) is -1.32. The molecule has 1 heterocycles. The van der Waals surface area contributed by atoms with Gasteiger partial charge < -0.3 is 10.8 Å². The van der Waals surface area contributed by atoms with Crippen LogP contribution in [0.4, 0.5) is 0 Å². The molecule has 0 aliphatic carbocycles. The summed E-state index contributed by atoms with van der Waals surface area (Å²) < 4.78 is 25.2. The maximum atomic E-state index is 11.6. The lowest BCUT2D eigenvalue weighted by Crippen LogP contribution is -2.45. The van der Waals surface area contributed by atoms with Crippen LogP contribution >= 0.6 is 0 Å². The summed E-state index contributed by atoms with van der Waals surface area (Å²) in [6.45, 7) is -0.325. The number of sulfonamides is 1. The first-order valence-electron chi connectivity index (χ1n) is 4.32. The van der Waals surface area contributed by atoms with Crippen LogP contribution in [-0.2, 0) is 14.8 Å². The Morgan fingerprint density at radius 2 is 2.31 bits per heavy atom. The van der Waals surface area contributed by atoms with Crippen molar-refractivity contribution in [1.29, 1.82) is 0 Å². The number of carboxylic acid groups (broad SMARTS) is 1. The van der Waals surface area contributed by atoms with E-state index in [2.05, 4.69) is 4.98 Å². The van der Waals surface area contributed by atoms with E-state index in [4.69, 9.17) is 10.8 Å². The summed E-state index contributed by atoms with van der Waals surface area (Å²) in [5, 5.41) is 8.66. The molecule has 88 valence electrons. The fraction of sp³-hybridized carbons (Fsp3) is 0.250. The molecule has 1 rings (SSSR count). The van der Waals surface area contributed by atoms with Crippen molar-refractivity contribution in [3.8, 4) is 0 Å². The van der Waals surface area contributed by atoms with Gasteiger partial charge in [0.15, 0.2) is 0 Å². The third kappa shape index (κ3) is 2.99. The predicted molar refractivity (Wildman–Crippen MR) is 55.0 cm³/mol. The molecule has 0 aliphatic rings. The van der Waals surface area contributed by atoms with E-state index in [9.17, 15) is 13.2 Å². The monoisotopic (exact) mass is 245 g/mol. The molecule has 0 saturated heterocycles. The van der Waals surface area contributed by atoms with Crippen molar-refractivity contribution in [2.45, 2.75) is 10.9 Å². The number of rotatable bonds is 5. The van der Waals surface area contributed by atoms with Crippen molar-refractivity contribution in [1.82, 2.24) is 9.71 Å². The number of pyridine rings is 1. The average molecular weight is 245 g/mol. The Labute approximate surface area is 92.4 Å². The minimum atomic E-state index is -3.89. The van der Waals surface area contributed by atoms with Gasteiger partial charge in [-0.3, -0.25) is 9.78 Å². The predicted octanol–water partition coefficient (Wildman–Crippen LogP) is -1.23. The lowest BCUT2D eigenvalue weighted by molar-refractivity contribution is -0.138. The highest BCUT2D eigenvalue weighted by Gasteiger charge is 2.23. The Morgan fingerprint density at radius 1 is 1.62 bits per heavy atom. The minimum absolute atomic E-state index is 0.102. The van der Waals surface area contributed by atoms with Gasteiger partial charge in [-0.25, -0.2) is 8.42 Å². The number of aromatic nitrogens is 1. The molecule has 0 bridgehead atoms. The van der Waals surface area contributed by atoms with E-state index in [1.165, 1.54) is 18.3 Å². The molecule has 1 aromatic heterocycles. The van der Waals surface area contributed by atoms with Crippen LogP contribution in [0.5, 0.6) is 0 Å². The highest BCUT2D eigenvalue weighted by Crippen LogP contribution is 2.05. The van der Waals surface area contributed by atoms with E-state index in [0.717, 1.165) is 6.20 Å². The maximum Gasteiger partial charge on any atom is 0.323 e.